The van der Waals surface area contributed by atoms with Gasteiger partial charge in [0.1, 0.15) is 5.76 Å². The highest BCUT2D eigenvalue weighted by atomic mass is 32.2. The van der Waals surface area contributed by atoms with Crippen LogP contribution in [0.5, 0.6) is 0 Å². The van der Waals surface area contributed by atoms with E-state index in [1.54, 1.807) is 24.3 Å². The highest BCUT2D eigenvalue weighted by Crippen LogP contribution is 2.59. The number of nitrogens with zero attached hydrogens (tertiary/aromatic N) is 1. The molecule has 1 aromatic carbocycles. The molecule has 2 aliphatic rings. The fourth-order valence-electron chi connectivity index (χ4n) is 4.10. The highest BCUT2D eigenvalue weighted by Gasteiger charge is 2.61. The van der Waals surface area contributed by atoms with Crippen LogP contribution < -0.4 is 4.72 Å². The fraction of sp³-hybridized carbons (Fsp3) is 0.526. The van der Waals surface area contributed by atoms with E-state index in [1.807, 2.05) is 12.1 Å². The number of aromatic nitrogens is 1. The summed E-state index contributed by atoms with van der Waals surface area (Å²) < 4.78 is 33.6. The van der Waals surface area contributed by atoms with Crippen molar-refractivity contribution < 1.29 is 12.9 Å². The van der Waals surface area contributed by atoms with Gasteiger partial charge in [0.2, 0.25) is 10.0 Å². The zero-order valence-electron chi connectivity index (χ0n) is 14.6. The van der Waals surface area contributed by atoms with Crippen molar-refractivity contribution in [3.63, 3.8) is 0 Å². The van der Waals surface area contributed by atoms with E-state index in [-0.39, 0.29) is 17.4 Å². The minimum atomic E-state index is -3.53. The third-order valence-electron chi connectivity index (χ3n) is 5.79. The molecule has 25 heavy (non-hydrogen) atoms. The summed E-state index contributed by atoms with van der Waals surface area (Å²) in [7, 11) is -3.53. The largest absolute Gasteiger partial charge is 0.361 e. The lowest BCUT2D eigenvalue weighted by Gasteiger charge is -2.07. The van der Waals surface area contributed by atoms with Crippen molar-refractivity contribution in [3.8, 4) is 0 Å². The molecule has 2 unspecified atom stereocenters. The van der Waals surface area contributed by atoms with Crippen LogP contribution in [0.3, 0.4) is 0 Å². The first-order valence-electron chi connectivity index (χ1n) is 8.93. The number of nitrogens with one attached hydrogen (secondary N) is 1. The molecular formula is C19H24N2O3S. The summed E-state index contributed by atoms with van der Waals surface area (Å²) in [6.45, 7) is 4.14. The maximum Gasteiger partial charge on any atom is 0.240 e. The van der Waals surface area contributed by atoms with Crippen LogP contribution >= 0.6 is 0 Å². The summed E-state index contributed by atoms with van der Waals surface area (Å²) in [6.07, 6.45) is 4.81. The summed E-state index contributed by atoms with van der Waals surface area (Å²) in [5.41, 5.74) is 0.693. The summed E-state index contributed by atoms with van der Waals surface area (Å²) in [5.74, 6) is 1.48. The Hall–Kier alpha value is -1.66. The SMILES string of the molecule is CC1(C)C(NS(=O)(=O)c2ccccc2)C1c1cc(C2CCCC2)on1. The molecule has 0 spiro atoms. The van der Waals surface area contributed by atoms with E-state index in [4.69, 9.17) is 4.52 Å². The topological polar surface area (TPSA) is 72.2 Å². The van der Waals surface area contributed by atoms with Gasteiger partial charge in [-0.2, -0.15) is 0 Å². The van der Waals surface area contributed by atoms with Crippen LogP contribution in [0.1, 0.15) is 62.8 Å². The minimum Gasteiger partial charge on any atom is -0.361 e. The molecule has 1 heterocycles. The molecule has 4 rings (SSSR count). The lowest BCUT2D eigenvalue weighted by molar-refractivity contribution is 0.354. The van der Waals surface area contributed by atoms with Crippen LogP contribution in [-0.2, 0) is 10.0 Å². The Kier molecular flexibility index (Phi) is 4.00. The number of benzene rings is 1. The predicted octanol–water partition coefficient (Wildman–Crippen LogP) is 3.80. The zero-order valence-corrected chi connectivity index (χ0v) is 15.4. The Morgan fingerprint density at radius 1 is 1.16 bits per heavy atom. The van der Waals surface area contributed by atoms with Gasteiger partial charge in [0.15, 0.2) is 0 Å². The number of rotatable bonds is 5. The van der Waals surface area contributed by atoms with Gasteiger partial charge in [0.25, 0.3) is 0 Å². The molecule has 0 saturated heterocycles. The first-order chi connectivity index (χ1) is 11.9. The van der Waals surface area contributed by atoms with Crippen LogP contribution in [0, 0.1) is 5.41 Å². The average molecular weight is 360 g/mol. The Labute approximate surface area is 148 Å². The quantitative estimate of drug-likeness (QED) is 0.880. The molecule has 2 aliphatic carbocycles. The predicted molar refractivity (Wildman–Crippen MR) is 94.8 cm³/mol. The first-order valence-corrected chi connectivity index (χ1v) is 10.4. The minimum absolute atomic E-state index is 0.0462. The molecule has 2 fully saturated rings. The molecule has 134 valence electrons. The molecule has 0 amide bonds. The van der Waals surface area contributed by atoms with Gasteiger partial charge < -0.3 is 4.52 Å². The van der Waals surface area contributed by atoms with E-state index in [9.17, 15) is 8.42 Å². The van der Waals surface area contributed by atoms with Crippen molar-refractivity contribution in [1.82, 2.24) is 9.88 Å². The maximum absolute atomic E-state index is 12.6. The third kappa shape index (κ3) is 3.02. The lowest BCUT2D eigenvalue weighted by Crippen LogP contribution is -2.29. The summed E-state index contributed by atoms with van der Waals surface area (Å²) >= 11 is 0. The van der Waals surface area contributed by atoms with Crippen molar-refractivity contribution in [2.45, 2.75) is 62.3 Å². The second-order valence-corrected chi connectivity index (χ2v) is 9.56. The van der Waals surface area contributed by atoms with Crippen LogP contribution in [-0.4, -0.2) is 19.6 Å². The molecule has 0 aliphatic heterocycles. The van der Waals surface area contributed by atoms with Crippen LogP contribution in [0.25, 0.3) is 0 Å². The van der Waals surface area contributed by atoms with E-state index in [1.165, 1.54) is 12.8 Å². The van der Waals surface area contributed by atoms with Gasteiger partial charge in [-0.1, -0.05) is 50.0 Å². The Morgan fingerprint density at radius 2 is 1.84 bits per heavy atom. The Balaban J connectivity index is 1.52. The number of sulfonamides is 1. The first kappa shape index (κ1) is 16.8. The summed E-state index contributed by atoms with van der Waals surface area (Å²) in [4.78, 5) is 0.295. The number of hydrogen-bond donors (Lipinski definition) is 1. The van der Waals surface area contributed by atoms with E-state index >= 15 is 0 Å². The lowest BCUT2D eigenvalue weighted by atomic mass is 10.0. The van der Waals surface area contributed by atoms with E-state index in [0.29, 0.717) is 10.8 Å². The van der Waals surface area contributed by atoms with E-state index in [2.05, 4.69) is 23.7 Å². The van der Waals surface area contributed by atoms with Gasteiger partial charge in [-0.3, -0.25) is 0 Å². The van der Waals surface area contributed by atoms with Gasteiger partial charge in [-0.15, -0.1) is 0 Å². The van der Waals surface area contributed by atoms with Crippen LogP contribution in [0.15, 0.2) is 45.8 Å². The molecule has 2 atom stereocenters. The third-order valence-corrected chi connectivity index (χ3v) is 7.24. The molecule has 0 radical (unpaired) electrons. The van der Waals surface area contributed by atoms with Gasteiger partial charge in [-0.05, 0) is 30.4 Å². The van der Waals surface area contributed by atoms with Crippen LogP contribution in [0.2, 0.25) is 0 Å². The Morgan fingerprint density at radius 3 is 2.52 bits per heavy atom. The smallest absolute Gasteiger partial charge is 0.240 e. The van der Waals surface area contributed by atoms with Crippen molar-refractivity contribution in [1.29, 1.82) is 0 Å². The molecule has 5 nitrogen and oxygen atoms in total. The van der Waals surface area contributed by atoms with E-state index in [0.717, 1.165) is 24.3 Å². The maximum atomic E-state index is 12.6. The van der Waals surface area contributed by atoms with Gasteiger partial charge >= 0.3 is 0 Å². The molecule has 6 heteroatoms. The van der Waals surface area contributed by atoms with E-state index < -0.39 is 10.0 Å². The average Bonchev–Trinajstić information content (AvgIpc) is 3.09. The van der Waals surface area contributed by atoms with Crippen molar-refractivity contribution in [2.75, 3.05) is 0 Å². The molecular weight excluding hydrogens is 336 g/mol. The number of hydrogen-bond acceptors (Lipinski definition) is 4. The van der Waals surface area contributed by atoms with Gasteiger partial charge in [0.05, 0.1) is 10.6 Å². The van der Waals surface area contributed by atoms with Crippen LogP contribution in [0.4, 0.5) is 0 Å². The monoisotopic (exact) mass is 360 g/mol. The summed E-state index contributed by atoms with van der Waals surface area (Å²) in [5, 5.41) is 4.26. The molecule has 1 aromatic heterocycles. The van der Waals surface area contributed by atoms with Crippen molar-refractivity contribution >= 4 is 10.0 Å². The Bertz CT molecular complexity index is 852. The molecule has 2 aromatic rings. The standard InChI is InChI=1S/C19H24N2O3S/c1-19(2)17(15-12-16(24-20-15)13-8-6-7-9-13)18(19)21-25(22,23)14-10-4-3-5-11-14/h3-5,10-13,17-18,21H,6-9H2,1-2H3. The molecule has 2 saturated carbocycles. The molecule has 0 bridgehead atoms. The summed E-state index contributed by atoms with van der Waals surface area (Å²) in [6, 6.07) is 10.4. The second-order valence-electron chi connectivity index (χ2n) is 7.85. The molecule has 1 N–H and O–H groups in total. The zero-order chi connectivity index (χ0) is 17.7. The van der Waals surface area contributed by atoms with Crippen molar-refractivity contribution in [2.24, 2.45) is 5.41 Å². The van der Waals surface area contributed by atoms with Crippen molar-refractivity contribution in [3.05, 3.63) is 47.9 Å². The fourth-order valence-corrected chi connectivity index (χ4v) is 5.52. The van der Waals surface area contributed by atoms with Gasteiger partial charge in [0, 0.05) is 23.9 Å². The van der Waals surface area contributed by atoms with Gasteiger partial charge in [-0.25, -0.2) is 13.1 Å². The second kappa shape index (κ2) is 5.95. The highest BCUT2D eigenvalue weighted by molar-refractivity contribution is 7.89. The normalized spacial score (nSPS) is 26.0.